The van der Waals surface area contributed by atoms with E-state index in [4.69, 9.17) is 5.11 Å². The van der Waals surface area contributed by atoms with E-state index in [1.165, 1.54) is 11.1 Å². The van der Waals surface area contributed by atoms with Crippen molar-refractivity contribution in [2.24, 2.45) is 5.92 Å². The van der Waals surface area contributed by atoms with E-state index >= 15 is 0 Å². The SMILES string of the molecule is CC(C)Cn1cc(C(=O)N2CCCC2C(=O)O)cn1. The second-order valence-corrected chi connectivity index (χ2v) is 5.34. The molecule has 1 aliphatic heterocycles. The van der Waals surface area contributed by atoms with Gasteiger partial charge in [0.1, 0.15) is 6.04 Å². The Hall–Kier alpha value is -1.85. The number of likely N-dealkylation sites (tertiary alicyclic amines) is 1. The van der Waals surface area contributed by atoms with Crippen molar-refractivity contribution < 1.29 is 14.7 Å². The lowest BCUT2D eigenvalue weighted by Gasteiger charge is -2.20. The average Bonchev–Trinajstić information content (AvgIpc) is 2.94. The first kappa shape index (κ1) is 13.6. The van der Waals surface area contributed by atoms with Crippen LogP contribution in [-0.2, 0) is 11.3 Å². The number of carbonyl (C=O) groups is 2. The summed E-state index contributed by atoms with van der Waals surface area (Å²) in [6.45, 7) is 5.40. The van der Waals surface area contributed by atoms with Crippen LogP contribution in [0.15, 0.2) is 12.4 Å². The highest BCUT2D eigenvalue weighted by Crippen LogP contribution is 2.20. The van der Waals surface area contributed by atoms with Crippen LogP contribution in [0.1, 0.15) is 37.0 Å². The molecule has 1 aliphatic rings. The number of aliphatic carboxylic acids is 1. The molecule has 0 radical (unpaired) electrons. The van der Waals surface area contributed by atoms with Crippen LogP contribution in [0.5, 0.6) is 0 Å². The highest BCUT2D eigenvalue weighted by Gasteiger charge is 2.34. The third-order valence-corrected chi connectivity index (χ3v) is 3.23. The van der Waals surface area contributed by atoms with Crippen LogP contribution in [-0.4, -0.2) is 44.3 Å². The molecule has 104 valence electrons. The molecule has 6 nitrogen and oxygen atoms in total. The lowest BCUT2D eigenvalue weighted by molar-refractivity contribution is -0.141. The molecule has 1 atom stereocenters. The number of hydrogen-bond donors (Lipinski definition) is 1. The van der Waals surface area contributed by atoms with Crippen LogP contribution in [0.25, 0.3) is 0 Å². The topological polar surface area (TPSA) is 75.4 Å². The zero-order valence-corrected chi connectivity index (χ0v) is 11.2. The van der Waals surface area contributed by atoms with E-state index in [1.54, 1.807) is 10.9 Å². The summed E-state index contributed by atoms with van der Waals surface area (Å²) in [7, 11) is 0. The van der Waals surface area contributed by atoms with Crippen molar-refractivity contribution in [2.75, 3.05) is 6.54 Å². The molecule has 1 fully saturated rings. The Morgan fingerprint density at radius 1 is 1.53 bits per heavy atom. The third-order valence-electron chi connectivity index (χ3n) is 3.23. The van der Waals surface area contributed by atoms with Gasteiger partial charge < -0.3 is 10.0 Å². The molecule has 2 heterocycles. The molecular weight excluding hydrogens is 246 g/mol. The summed E-state index contributed by atoms with van der Waals surface area (Å²) >= 11 is 0. The maximum Gasteiger partial charge on any atom is 0.326 e. The van der Waals surface area contributed by atoms with Gasteiger partial charge in [-0.05, 0) is 18.8 Å². The van der Waals surface area contributed by atoms with Crippen molar-refractivity contribution >= 4 is 11.9 Å². The highest BCUT2D eigenvalue weighted by atomic mass is 16.4. The Labute approximate surface area is 112 Å². The molecule has 1 amide bonds. The normalized spacial score (nSPS) is 19.1. The summed E-state index contributed by atoms with van der Waals surface area (Å²) < 4.78 is 1.73. The van der Waals surface area contributed by atoms with E-state index in [0.717, 1.165) is 13.0 Å². The van der Waals surface area contributed by atoms with Gasteiger partial charge in [-0.15, -0.1) is 0 Å². The van der Waals surface area contributed by atoms with Gasteiger partial charge in [-0.2, -0.15) is 5.10 Å². The van der Waals surface area contributed by atoms with Crippen LogP contribution in [0, 0.1) is 5.92 Å². The van der Waals surface area contributed by atoms with Crippen LogP contribution in [0.3, 0.4) is 0 Å². The fraction of sp³-hybridized carbons (Fsp3) is 0.615. The summed E-state index contributed by atoms with van der Waals surface area (Å²) in [5.41, 5.74) is 0.466. The van der Waals surface area contributed by atoms with E-state index in [1.807, 2.05) is 0 Å². The molecule has 0 aliphatic carbocycles. The van der Waals surface area contributed by atoms with E-state index in [2.05, 4.69) is 18.9 Å². The maximum atomic E-state index is 12.3. The van der Waals surface area contributed by atoms with Crippen molar-refractivity contribution in [3.8, 4) is 0 Å². The van der Waals surface area contributed by atoms with Crippen LogP contribution < -0.4 is 0 Å². The zero-order valence-electron chi connectivity index (χ0n) is 11.2. The Kier molecular flexibility index (Phi) is 3.87. The number of amides is 1. The first-order valence-corrected chi connectivity index (χ1v) is 6.55. The highest BCUT2D eigenvalue weighted by molar-refractivity contribution is 5.96. The number of carboxylic acids is 1. The van der Waals surface area contributed by atoms with Gasteiger partial charge in [-0.1, -0.05) is 13.8 Å². The number of hydrogen-bond acceptors (Lipinski definition) is 3. The Balaban J connectivity index is 2.11. The largest absolute Gasteiger partial charge is 0.480 e. The minimum absolute atomic E-state index is 0.236. The van der Waals surface area contributed by atoms with Crippen molar-refractivity contribution in [2.45, 2.75) is 39.3 Å². The van der Waals surface area contributed by atoms with Gasteiger partial charge >= 0.3 is 5.97 Å². The third kappa shape index (κ3) is 2.94. The second kappa shape index (κ2) is 5.42. The Bertz CT molecular complexity index is 481. The first-order valence-electron chi connectivity index (χ1n) is 6.55. The number of aromatic nitrogens is 2. The fourth-order valence-electron chi connectivity index (χ4n) is 2.38. The molecule has 1 saturated heterocycles. The smallest absolute Gasteiger partial charge is 0.326 e. The van der Waals surface area contributed by atoms with Gasteiger partial charge in [0.15, 0.2) is 0 Å². The summed E-state index contributed by atoms with van der Waals surface area (Å²) in [6.07, 6.45) is 4.48. The summed E-state index contributed by atoms with van der Waals surface area (Å²) in [5, 5.41) is 13.2. The first-order chi connectivity index (χ1) is 8.99. The average molecular weight is 265 g/mol. The van der Waals surface area contributed by atoms with Gasteiger partial charge in [0.2, 0.25) is 0 Å². The lowest BCUT2D eigenvalue weighted by atomic mass is 10.2. The van der Waals surface area contributed by atoms with Gasteiger partial charge in [-0.3, -0.25) is 9.48 Å². The molecule has 0 aromatic carbocycles. The second-order valence-electron chi connectivity index (χ2n) is 5.34. The Morgan fingerprint density at radius 3 is 2.89 bits per heavy atom. The molecule has 0 saturated carbocycles. The van der Waals surface area contributed by atoms with Gasteiger partial charge in [0, 0.05) is 19.3 Å². The molecule has 1 aromatic rings. The standard InChI is InChI=1S/C13H19N3O3/c1-9(2)7-15-8-10(6-14-15)12(17)16-5-3-4-11(16)13(18)19/h6,8-9,11H,3-5,7H2,1-2H3,(H,18,19). The molecular formula is C13H19N3O3. The molecule has 19 heavy (non-hydrogen) atoms. The van der Waals surface area contributed by atoms with Gasteiger partial charge in [0.25, 0.3) is 5.91 Å². The van der Waals surface area contributed by atoms with Crippen LogP contribution in [0.2, 0.25) is 0 Å². The molecule has 0 bridgehead atoms. The van der Waals surface area contributed by atoms with Gasteiger partial charge in [-0.25, -0.2) is 4.79 Å². The summed E-state index contributed by atoms with van der Waals surface area (Å²) in [4.78, 5) is 24.8. The van der Waals surface area contributed by atoms with E-state index in [-0.39, 0.29) is 5.91 Å². The van der Waals surface area contributed by atoms with Gasteiger partial charge in [0.05, 0.1) is 11.8 Å². The minimum Gasteiger partial charge on any atom is -0.480 e. The van der Waals surface area contributed by atoms with Crippen molar-refractivity contribution in [3.63, 3.8) is 0 Å². The van der Waals surface area contributed by atoms with E-state index in [0.29, 0.717) is 24.4 Å². The number of carboxylic acid groups (broad SMARTS) is 1. The summed E-state index contributed by atoms with van der Waals surface area (Å²) in [6, 6.07) is -0.694. The predicted molar refractivity (Wildman–Crippen MR) is 68.8 cm³/mol. The molecule has 6 heteroatoms. The molecule has 1 unspecified atom stereocenters. The van der Waals surface area contributed by atoms with Crippen molar-refractivity contribution in [3.05, 3.63) is 18.0 Å². The van der Waals surface area contributed by atoms with Crippen molar-refractivity contribution in [1.82, 2.24) is 14.7 Å². The zero-order chi connectivity index (χ0) is 14.0. The minimum atomic E-state index is -0.930. The lowest BCUT2D eigenvalue weighted by Crippen LogP contribution is -2.40. The quantitative estimate of drug-likeness (QED) is 0.888. The number of rotatable bonds is 4. The van der Waals surface area contributed by atoms with E-state index < -0.39 is 12.0 Å². The monoisotopic (exact) mass is 265 g/mol. The molecule has 0 spiro atoms. The fourth-order valence-corrected chi connectivity index (χ4v) is 2.38. The molecule has 1 aromatic heterocycles. The van der Waals surface area contributed by atoms with Crippen LogP contribution in [0.4, 0.5) is 0 Å². The Morgan fingerprint density at radius 2 is 2.26 bits per heavy atom. The molecule has 2 rings (SSSR count). The van der Waals surface area contributed by atoms with E-state index in [9.17, 15) is 9.59 Å². The number of carbonyl (C=O) groups excluding carboxylic acids is 1. The maximum absolute atomic E-state index is 12.3. The number of nitrogens with zero attached hydrogens (tertiary/aromatic N) is 3. The predicted octanol–water partition coefficient (Wildman–Crippen LogP) is 1.23. The van der Waals surface area contributed by atoms with Crippen LogP contribution >= 0.6 is 0 Å². The van der Waals surface area contributed by atoms with Crippen molar-refractivity contribution in [1.29, 1.82) is 0 Å². The molecule has 1 N–H and O–H groups in total. The summed E-state index contributed by atoms with van der Waals surface area (Å²) in [5.74, 6) is -0.721.